The Morgan fingerprint density at radius 3 is 2.53 bits per heavy atom. The molecule has 4 heterocycles. The maximum absolute atomic E-state index is 12.8. The molecule has 0 bridgehead atoms. The number of fused-ring (bicyclic) bond motifs is 1. The second-order valence-electron chi connectivity index (χ2n) is 8.04. The Labute approximate surface area is 175 Å². The van der Waals surface area contributed by atoms with E-state index >= 15 is 0 Å². The first-order valence-corrected chi connectivity index (χ1v) is 10.5. The van der Waals surface area contributed by atoms with Crippen molar-refractivity contribution < 1.29 is 19.2 Å². The summed E-state index contributed by atoms with van der Waals surface area (Å²) >= 11 is 0. The van der Waals surface area contributed by atoms with Gasteiger partial charge in [-0.2, -0.15) is 0 Å². The number of rotatable bonds is 5. The smallest absolute Gasteiger partial charge is 0.227 e. The Hall–Kier alpha value is -2.81. The molecule has 2 atom stereocenters. The third-order valence-corrected chi connectivity index (χ3v) is 6.16. The number of aromatic nitrogens is 1. The quantitative estimate of drug-likeness (QED) is 0.679. The molecule has 0 aliphatic carbocycles. The molecule has 0 radical (unpaired) electrons. The van der Waals surface area contributed by atoms with Gasteiger partial charge in [0.2, 0.25) is 17.7 Å². The maximum atomic E-state index is 12.8. The summed E-state index contributed by atoms with van der Waals surface area (Å²) in [7, 11) is 0. The lowest BCUT2D eigenvalue weighted by atomic mass is 10.1. The highest BCUT2D eigenvalue weighted by Crippen LogP contribution is 2.30. The van der Waals surface area contributed by atoms with E-state index in [2.05, 4.69) is 10.3 Å². The summed E-state index contributed by atoms with van der Waals surface area (Å²) in [5.41, 5.74) is 0.802. The first kappa shape index (κ1) is 20.5. The lowest BCUT2D eigenvalue weighted by Crippen LogP contribution is -2.47. The van der Waals surface area contributed by atoms with Crippen LogP contribution in [0.15, 0.2) is 24.5 Å². The van der Waals surface area contributed by atoms with Crippen molar-refractivity contribution in [2.24, 2.45) is 0 Å². The molecule has 3 aliphatic rings. The Bertz CT molecular complexity index is 824. The van der Waals surface area contributed by atoms with Crippen LogP contribution in [0.5, 0.6) is 0 Å². The fourth-order valence-corrected chi connectivity index (χ4v) is 4.63. The van der Waals surface area contributed by atoms with E-state index in [9.17, 15) is 19.2 Å². The molecule has 1 aromatic heterocycles. The van der Waals surface area contributed by atoms with Crippen molar-refractivity contribution in [2.75, 3.05) is 39.3 Å². The molecule has 4 rings (SSSR count). The summed E-state index contributed by atoms with van der Waals surface area (Å²) in [6.07, 6.45) is 4.33. The predicted molar refractivity (Wildman–Crippen MR) is 107 cm³/mol. The van der Waals surface area contributed by atoms with Crippen LogP contribution in [0.2, 0.25) is 0 Å². The van der Waals surface area contributed by atoms with E-state index in [1.807, 2.05) is 6.07 Å². The Morgan fingerprint density at radius 2 is 1.80 bits per heavy atom. The van der Waals surface area contributed by atoms with Crippen LogP contribution < -0.4 is 5.32 Å². The van der Waals surface area contributed by atoms with Gasteiger partial charge in [-0.05, 0) is 18.1 Å². The van der Waals surface area contributed by atoms with Crippen LogP contribution >= 0.6 is 0 Å². The molecule has 3 amide bonds. The Morgan fingerprint density at radius 1 is 1.03 bits per heavy atom. The second kappa shape index (κ2) is 8.91. The average molecular weight is 413 g/mol. The van der Waals surface area contributed by atoms with Crippen molar-refractivity contribution in [2.45, 2.75) is 37.8 Å². The van der Waals surface area contributed by atoms with Crippen molar-refractivity contribution >= 4 is 23.5 Å². The fourth-order valence-electron chi connectivity index (χ4n) is 4.63. The van der Waals surface area contributed by atoms with Crippen molar-refractivity contribution in [3.8, 4) is 0 Å². The number of ketones is 1. The number of amides is 3. The molecule has 160 valence electrons. The van der Waals surface area contributed by atoms with E-state index in [1.54, 1.807) is 33.2 Å². The van der Waals surface area contributed by atoms with Gasteiger partial charge in [0.05, 0.1) is 19.0 Å². The maximum Gasteiger partial charge on any atom is 0.227 e. The van der Waals surface area contributed by atoms with Crippen molar-refractivity contribution in [1.82, 2.24) is 25.0 Å². The van der Waals surface area contributed by atoms with Crippen LogP contribution in [-0.4, -0.2) is 94.5 Å². The molecule has 3 fully saturated rings. The van der Waals surface area contributed by atoms with Gasteiger partial charge in [-0.1, -0.05) is 6.07 Å². The molecule has 9 heteroatoms. The summed E-state index contributed by atoms with van der Waals surface area (Å²) in [4.78, 5) is 59.5. The van der Waals surface area contributed by atoms with Gasteiger partial charge in [-0.25, -0.2) is 0 Å². The van der Waals surface area contributed by atoms with E-state index in [0.717, 1.165) is 18.7 Å². The highest BCUT2D eigenvalue weighted by atomic mass is 16.2. The predicted octanol–water partition coefficient (Wildman–Crippen LogP) is -0.783. The number of hydrogen-bond donors (Lipinski definition) is 1. The zero-order valence-electron chi connectivity index (χ0n) is 17.0. The van der Waals surface area contributed by atoms with Gasteiger partial charge < -0.3 is 20.0 Å². The number of hydrogen-bond acceptors (Lipinski definition) is 6. The van der Waals surface area contributed by atoms with Gasteiger partial charge >= 0.3 is 0 Å². The van der Waals surface area contributed by atoms with Gasteiger partial charge in [0.15, 0.2) is 5.78 Å². The molecule has 30 heavy (non-hydrogen) atoms. The molecule has 1 aromatic rings. The van der Waals surface area contributed by atoms with Crippen LogP contribution in [0.1, 0.15) is 24.8 Å². The topological polar surface area (TPSA) is 103 Å². The summed E-state index contributed by atoms with van der Waals surface area (Å²) in [5, 5.41) is 3.20. The Balaban J connectivity index is 1.33. The Kier molecular flexibility index (Phi) is 6.08. The summed E-state index contributed by atoms with van der Waals surface area (Å²) < 4.78 is 0. The molecule has 0 spiro atoms. The van der Waals surface area contributed by atoms with E-state index < -0.39 is 6.04 Å². The minimum Gasteiger partial charge on any atom is -0.340 e. The highest BCUT2D eigenvalue weighted by molar-refractivity contribution is 5.98. The zero-order valence-corrected chi connectivity index (χ0v) is 17.0. The summed E-state index contributed by atoms with van der Waals surface area (Å²) in [6, 6.07) is 2.76. The number of Topliss-reactive ketones (excluding diaryl/α,β-unsaturated/α-hetero) is 1. The van der Waals surface area contributed by atoms with Crippen LogP contribution in [0, 0.1) is 0 Å². The first-order chi connectivity index (χ1) is 14.5. The molecule has 9 nitrogen and oxygen atoms in total. The third-order valence-electron chi connectivity index (χ3n) is 6.16. The van der Waals surface area contributed by atoms with Gasteiger partial charge in [-0.3, -0.25) is 24.2 Å². The van der Waals surface area contributed by atoms with E-state index in [-0.39, 0.29) is 55.4 Å². The van der Waals surface area contributed by atoms with Crippen LogP contribution in [0.25, 0.3) is 0 Å². The lowest BCUT2D eigenvalue weighted by Gasteiger charge is -2.28. The van der Waals surface area contributed by atoms with Gasteiger partial charge in [-0.15, -0.1) is 0 Å². The first-order valence-electron chi connectivity index (χ1n) is 10.5. The number of piperazine rings is 1. The average Bonchev–Trinajstić information content (AvgIpc) is 3.34. The molecule has 2 unspecified atom stereocenters. The van der Waals surface area contributed by atoms with Gasteiger partial charge in [0, 0.05) is 58.0 Å². The second-order valence-corrected chi connectivity index (χ2v) is 8.04. The van der Waals surface area contributed by atoms with Crippen molar-refractivity contribution in [3.05, 3.63) is 30.1 Å². The fraction of sp³-hybridized carbons (Fsp3) is 0.571. The molecule has 1 N–H and O–H groups in total. The lowest BCUT2D eigenvalue weighted by molar-refractivity contribution is -0.139. The summed E-state index contributed by atoms with van der Waals surface area (Å²) in [5.74, 6) is -0.418. The molecular formula is C21H27N5O4. The van der Waals surface area contributed by atoms with Gasteiger partial charge in [0.25, 0.3) is 0 Å². The SMILES string of the molecule is O=C1CN(C(=O)Cc2cccnc2)C2CCN(C(=O)CCC(=O)N3CCNCC3)C12. The monoisotopic (exact) mass is 413 g/mol. The number of nitrogens with one attached hydrogen (secondary N) is 1. The number of carbonyl (C=O) groups excluding carboxylic acids is 4. The number of pyridine rings is 1. The van der Waals surface area contributed by atoms with E-state index in [4.69, 9.17) is 0 Å². The van der Waals surface area contributed by atoms with Crippen LogP contribution in [0.4, 0.5) is 0 Å². The summed E-state index contributed by atoms with van der Waals surface area (Å²) in [6.45, 7) is 3.35. The minimum atomic E-state index is -0.579. The van der Waals surface area contributed by atoms with Crippen molar-refractivity contribution in [3.63, 3.8) is 0 Å². The normalized spacial score (nSPS) is 23.6. The highest BCUT2D eigenvalue weighted by Gasteiger charge is 2.51. The van der Waals surface area contributed by atoms with E-state index in [0.29, 0.717) is 26.1 Å². The standard InChI is InChI=1S/C21H27N5O4/c27-17-14-26(20(30)12-15-2-1-6-23-13-15)16-5-9-25(21(16)17)19(29)4-3-18(28)24-10-7-22-8-11-24/h1-2,6,13,16,21-22H,3-5,7-12,14H2. The zero-order chi connectivity index (χ0) is 21.1. The van der Waals surface area contributed by atoms with Crippen LogP contribution in [-0.2, 0) is 25.6 Å². The van der Waals surface area contributed by atoms with Crippen LogP contribution in [0.3, 0.4) is 0 Å². The number of nitrogens with zero attached hydrogens (tertiary/aromatic N) is 4. The van der Waals surface area contributed by atoms with Crippen molar-refractivity contribution in [1.29, 1.82) is 0 Å². The number of likely N-dealkylation sites (tertiary alicyclic amines) is 2. The molecule has 3 aliphatic heterocycles. The van der Waals surface area contributed by atoms with E-state index in [1.165, 1.54) is 0 Å². The number of carbonyl (C=O) groups is 4. The third kappa shape index (κ3) is 4.21. The molecular weight excluding hydrogens is 386 g/mol. The molecule has 3 saturated heterocycles. The van der Waals surface area contributed by atoms with Gasteiger partial charge in [0.1, 0.15) is 6.04 Å². The minimum absolute atomic E-state index is 0.0216. The molecule has 0 saturated carbocycles. The molecule has 0 aromatic carbocycles. The largest absolute Gasteiger partial charge is 0.340 e.